The number of rotatable bonds is 7. The monoisotopic (exact) mass is 543 g/mol. The van der Waals surface area contributed by atoms with Crippen molar-refractivity contribution in [3.05, 3.63) is 29.3 Å². The van der Waals surface area contributed by atoms with E-state index >= 15 is 0 Å². The van der Waals surface area contributed by atoms with Gasteiger partial charge in [0.15, 0.2) is 4.18 Å². The Labute approximate surface area is 194 Å². The van der Waals surface area contributed by atoms with Gasteiger partial charge in [0.1, 0.15) is 17.9 Å². The van der Waals surface area contributed by atoms with Crippen LogP contribution in [0.1, 0.15) is 54.9 Å². The maximum Gasteiger partial charge on any atom is 0.255 e. The fraction of sp³-hybridized carbons (Fsp3) is 0.591. The molecule has 0 aromatic heterocycles. The lowest BCUT2D eigenvalue weighted by molar-refractivity contribution is -0.136. The van der Waals surface area contributed by atoms with Crippen molar-refractivity contribution in [2.24, 2.45) is 0 Å². The van der Waals surface area contributed by atoms with E-state index in [1.54, 1.807) is 12.1 Å². The van der Waals surface area contributed by atoms with Gasteiger partial charge in [-0.1, -0.05) is 6.92 Å². The minimum absolute atomic E-state index is 0.0171. The fourth-order valence-corrected chi connectivity index (χ4v) is 5.44. The van der Waals surface area contributed by atoms with Crippen LogP contribution >= 0.6 is 22.6 Å². The third-order valence-corrected chi connectivity index (χ3v) is 6.84. The number of benzene rings is 1. The number of fused-ring (bicyclic) bond motifs is 1. The Morgan fingerprint density at radius 3 is 2.81 bits per heavy atom. The van der Waals surface area contributed by atoms with Gasteiger partial charge in [-0.05, 0) is 78.6 Å². The highest BCUT2D eigenvalue weighted by atomic mass is 127. The predicted molar refractivity (Wildman–Crippen MR) is 121 cm³/mol. The summed E-state index contributed by atoms with van der Waals surface area (Å²) < 4.78 is 19.0. The molecule has 0 radical (unpaired) electrons. The number of hydrogen-bond donors (Lipinski definition) is 1. The molecule has 168 valence electrons. The van der Waals surface area contributed by atoms with Gasteiger partial charge in [0.2, 0.25) is 11.8 Å². The quantitative estimate of drug-likeness (QED) is 0.325. The van der Waals surface area contributed by atoms with Gasteiger partial charge >= 0.3 is 0 Å². The standard InChI is InChI=1S/C22H27FIN3O4/c1-2-26(12-19(23)24)16-4-3-5-18(16)31-14-6-7-15-13(10-14)11-27(22(15)30)17-8-9-20(28)25-21(17)29/h6-7,10,16-19H,2-5,8-9,11-12H2,1H3,(H,25,28,29)/t16-,17?,18+,19?/m1/s1. The van der Waals surface area contributed by atoms with Crippen LogP contribution < -0.4 is 10.1 Å². The molecule has 2 fully saturated rings. The summed E-state index contributed by atoms with van der Waals surface area (Å²) in [5.41, 5.74) is 1.39. The number of carbonyl (C=O) groups is 3. The van der Waals surface area contributed by atoms with Gasteiger partial charge < -0.3 is 9.64 Å². The molecule has 7 nitrogen and oxygen atoms in total. The number of alkyl halides is 2. The Morgan fingerprint density at radius 2 is 2.10 bits per heavy atom. The Kier molecular flexibility index (Phi) is 6.80. The summed E-state index contributed by atoms with van der Waals surface area (Å²) in [6.07, 6.45) is 3.50. The van der Waals surface area contributed by atoms with E-state index in [9.17, 15) is 18.8 Å². The van der Waals surface area contributed by atoms with Crippen molar-refractivity contribution in [3.63, 3.8) is 0 Å². The number of hydrogen-bond acceptors (Lipinski definition) is 5. The topological polar surface area (TPSA) is 79.0 Å². The fourth-order valence-electron chi connectivity index (χ4n) is 4.94. The molecule has 2 heterocycles. The average Bonchev–Trinajstić information content (AvgIpc) is 3.30. The van der Waals surface area contributed by atoms with Gasteiger partial charge in [0.25, 0.3) is 5.91 Å². The lowest BCUT2D eigenvalue weighted by Crippen LogP contribution is -2.52. The van der Waals surface area contributed by atoms with Crippen molar-refractivity contribution >= 4 is 40.3 Å². The second-order valence-corrected chi connectivity index (χ2v) is 9.70. The summed E-state index contributed by atoms with van der Waals surface area (Å²) in [6.45, 7) is 3.53. The highest BCUT2D eigenvalue weighted by Gasteiger charge is 2.39. The first kappa shape index (κ1) is 22.4. The van der Waals surface area contributed by atoms with Crippen LogP contribution in [0.3, 0.4) is 0 Å². The molecule has 1 aliphatic carbocycles. The van der Waals surface area contributed by atoms with E-state index < -0.39 is 16.1 Å². The molecule has 0 spiro atoms. The third kappa shape index (κ3) is 4.72. The number of nitrogens with one attached hydrogen (secondary N) is 1. The van der Waals surface area contributed by atoms with Crippen molar-refractivity contribution in [2.45, 2.75) is 67.9 Å². The van der Waals surface area contributed by atoms with Gasteiger partial charge in [-0.3, -0.25) is 24.6 Å². The third-order valence-electron chi connectivity index (χ3n) is 6.45. The SMILES string of the molecule is CCN(CC(F)I)[C@@H]1CCC[C@@H]1Oc1ccc2c(c1)CN(C1CCC(=O)NC1=O)C2=O. The number of imide groups is 1. The zero-order valence-corrected chi connectivity index (χ0v) is 19.6. The van der Waals surface area contributed by atoms with E-state index in [0.29, 0.717) is 30.8 Å². The van der Waals surface area contributed by atoms with Gasteiger partial charge in [0, 0.05) is 31.1 Å². The van der Waals surface area contributed by atoms with Crippen molar-refractivity contribution in [2.75, 3.05) is 13.1 Å². The smallest absolute Gasteiger partial charge is 0.255 e. The summed E-state index contributed by atoms with van der Waals surface area (Å²) in [6, 6.07) is 4.98. The first-order valence-corrected chi connectivity index (χ1v) is 12.1. The molecule has 1 aromatic rings. The molecule has 4 rings (SSSR count). The summed E-state index contributed by atoms with van der Waals surface area (Å²) >= 11 is 1.81. The van der Waals surface area contributed by atoms with E-state index in [0.717, 1.165) is 31.4 Å². The molecule has 3 aliphatic rings. The molecule has 1 aromatic carbocycles. The summed E-state index contributed by atoms with van der Waals surface area (Å²) in [7, 11) is 0. The molecule has 1 saturated carbocycles. The van der Waals surface area contributed by atoms with E-state index in [1.807, 2.05) is 35.6 Å². The summed E-state index contributed by atoms with van der Waals surface area (Å²) in [4.78, 5) is 40.2. The minimum Gasteiger partial charge on any atom is -0.489 e. The Morgan fingerprint density at radius 1 is 1.29 bits per heavy atom. The minimum atomic E-state index is -0.914. The molecular formula is C22H27FIN3O4. The number of ether oxygens (including phenoxy) is 1. The number of carbonyl (C=O) groups excluding carboxylic acids is 3. The number of likely N-dealkylation sites (N-methyl/N-ethyl adjacent to an activating group) is 1. The summed E-state index contributed by atoms with van der Waals surface area (Å²) in [5.74, 6) is -0.211. The van der Waals surface area contributed by atoms with Crippen molar-refractivity contribution < 1.29 is 23.5 Å². The average molecular weight is 543 g/mol. The Bertz CT molecular complexity index is 880. The van der Waals surface area contributed by atoms with Crippen molar-refractivity contribution in [3.8, 4) is 5.75 Å². The first-order chi connectivity index (χ1) is 14.9. The molecule has 2 unspecified atom stereocenters. The largest absolute Gasteiger partial charge is 0.489 e. The molecule has 1 N–H and O–H groups in total. The molecule has 1 saturated heterocycles. The van der Waals surface area contributed by atoms with Crippen molar-refractivity contribution in [1.82, 2.24) is 15.1 Å². The zero-order chi connectivity index (χ0) is 22.1. The molecular weight excluding hydrogens is 516 g/mol. The van der Waals surface area contributed by atoms with Crippen LogP contribution in [0.15, 0.2) is 18.2 Å². The normalized spacial score (nSPS) is 26.9. The number of amides is 3. The number of nitrogens with zero attached hydrogens (tertiary/aromatic N) is 2. The molecule has 4 atom stereocenters. The van der Waals surface area contributed by atoms with Crippen LogP contribution in [0.2, 0.25) is 0 Å². The van der Waals surface area contributed by atoms with Crippen LogP contribution in [0, 0.1) is 0 Å². The van der Waals surface area contributed by atoms with E-state index in [2.05, 4.69) is 10.2 Å². The maximum atomic E-state index is 13.6. The predicted octanol–water partition coefficient (Wildman–Crippen LogP) is 2.80. The lowest BCUT2D eigenvalue weighted by atomic mass is 10.0. The van der Waals surface area contributed by atoms with E-state index in [1.165, 1.54) is 4.90 Å². The molecule has 31 heavy (non-hydrogen) atoms. The van der Waals surface area contributed by atoms with Gasteiger partial charge in [-0.25, -0.2) is 4.39 Å². The molecule has 0 bridgehead atoms. The summed E-state index contributed by atoms with van der Waals surface area (Å²) in [5, 5.41) is 2.32. The lowest BCUT2D eigenvalue weighted by Gasteiger charge is -2.32. The van der Waals surface area contributed by atoms with Gasteiger partial charge in [0.05, 0.1) is 0 Å². The molecule has 9 heteroatoms. The van der Waals surface area contributed by atoms with E-state index in [4.69, 9.17) is 4.74 Å². The van der Waals surface area contributed by atoms with Gasteiger partial charge in [-0.15, -0.1) is 0 Å². The molecule has 3 amide bonds. The maximum absolute atomic E-state index is 13.6. The van der Waals surface area contributed by atoms with Crippen LogP contribution in [0.25, 0.3) is 0 Å². The second-order valence-electron chi connectivity index (χ2n) is 8.35. The first-order valence-electron chi connectivity index (χ1n) is 10.8. The Hall–Kier alpha value is -1.75. The van der Waals surface area contributed by atoms with Crippen LogP contribution in [-0.2, 0) is 16.1 Å². The van der Waals surface area contributed by atoms with Crippen LogP contribution in [-0.4, -0.2) is 63.0 Å². The highest BCUT2D eigenvalue weighted by Crippen LogP contribution is 2.33. The van der Waals surface area contributed by atoms with Crippen molar-refractivity contribution in [1.29, 1.82) is 0 Å². The highest BCUT2D eigenvalue weighted by molar-refractivity contribution is 14.1. The van der Waals surface area contributed by atoms with E-state index in [-0.39, 0.29) is 30.4 Å². The van der Waals surface area contributed by atoms with Crippen LogP contribution in [0.4, 0.5) is 4.39 Å². The second kappa shape index (κ2) is 9.40. The number of piperidine rings is 1. The Balaban J connectivity index is 1.46. The number of halogens is 2. The van der Waals surface area contributed by atoms with Crippen LogP contribution in [0.5, 0.6) is 5.75 Å². The molecule has 2 aliphatic heterocycles. The van der Waals surface area contributed by atoms with Gasteiger partial charge in [-0.2, -0.15) is 0 Å². The zero-order valence-electron chi connectivity index (χ0n) is 17.5.